The third-order valence-corrected chi connectivity index (χ3v) is 3.52. The van der Waals surface area contributed by atoms with Crippen molar-refractivity contribution in [3.05, 3.63) is 45.8 Å². The molecule has 0 amide bonds. The summed E-state index contributed by atoms with van der Waals surface area (Å²) in [5, 5.41) is 0.379. The minimum Gasteiger partial charge on any atom is -0.230 e. The van der Waals surface area contributed by atoms with E-state index < -0.39 is 0 Å². The van der Waals surface area contributed by atoms with Gasteiger partial charge < -0.3 is 0 Å². The van der Waals surface area contributed by atoms with Crippen molar-refractivity contribution in [3.63, 3.8) is 0 Å². The molecule has 0 N–H and O–H groups in total. The van der Waals surface area contributed by atoms with Crippen molar-refractivity contribution in [2.75, 3.05) is 0 Å². The molecule has 0 atom stereocenters. The topological polar surface area (TPSA) is 25.8 Å². The average molecular weight is 318 g/mol. The molecule has 0 aliphatic rings. The van der Waals surface area contributed by atoms with E-state index in [4.69, 9.17) is 23.2 Å². The first-order valence-electron chi connectivity index (χ1n) is 4.55. The van der Waals surface area contributed by atoms with Gasteiger partial charge in [-0.3, -0.25) is 0 Å². The van der Waals surface area contributed by atoms with Crippen LogP contribution in [0.15, 0.2) is 34.8 Å². The second kappa shape index (κ2) is 5.13. The normalized spacial score (nSPS) is 10.4. The summed E-state index contributed by atoms with van der Waals surface area (Å²) in [5.74, 6) is 0.765. The summed E-state index contributed by atoms with van der Waals surface area (Å²) < 4.78 is 0.689. The molecule has 1 aromatic heterocycles. The van der Waals surface area contributed by atoms with E-state index in [1.54, 1.807) is 0 Å². The molecule has 0 saturated heterocycles. The van der Waals surface area contributed by atoms with Crippen molar-refractivity contribution >= 4 is 39.1 Å². The highest BCUT2D eigenvalue weighted by Crippen LogP contribution is 2.31. The van der Waals surface area contributed by atoms with Gasteiger partial charge in [0.05, 0.1) is 16.0 Å². The van der Waals surface area contributed by atoms with Crippen LogP contribution in [0.4, 0.5) is 0 Å². The van der Waals surface area contributed by atoms with E-state index >= 15 is 0 Å². The summed E-state index contributed by atoms with van der Waals surface area (Å²) in [4.78, 5) is 8.40. The Morgan fingerprint density at radius 1 is 1.12 bits per heavy atom. The molecule has 2 nitrogen and oxygen atoms in total. The number of hydrogen-bond donors (Lipinski definition) is 0. The van der Waals surface area contributed by atoms with Gasteiger partial charge in [0, 0.05) is 5.56 Å². The summed E-state index contributed by atoms with van der Waals surface area (Å²) >= 11 is 15.1. The van der Waals surface area contributed by atoms with Crippen molar-refractivity contribution in [3.8, 4) is 11.3 Å². The number of halogens is 3. The highest BCUT2D eigenvalue weighted by atomic mass is 79.9. The molecule has 0 spiro atoms. The monoisotopic (exact) mass is 316 g/mol. The van der Waals surface area contributed by atoms with Gasteiger partial charge >= 0.3 is 0 Å². The molecule has 0 radical (unpaired) electrons. The van der Waals surface area contributed by atoms with E-state index in [-0.39, 0.29) is 5.88 Å². The molecule has 2 aromatic rings. The van der Waals surface area contributed by atoms with Crippen molar-refractivity contribution in [1.82, 2.24) is 9.97 Å². The minimum absolute atomic E-state index is 0.243. The smallest absolute Gasteiger partial charge is 0.147 e. The maximum Gasteiger partial charge on any atom is 0.147 e. The van der Waals surface area contributed by atoms with Crippen LogP contribution < -0.4 is 0 Å². The predicted octanol–water partition coefficient (Wildman–Crippen LogP) is 4.30. The quantitative estimate of drug-likeness (QED) is 0.609. The molecule has 0 aliphatic heterocycles. The fourth-order valence-corrected chi connectivity index (χ4v) is 2.02. The average Bonchev–Trinajstić information content (AvgIpc) is 2.33. The molecule has 2 rings (SSSR count). The lowest BCUT2D eigenvalue weighted by atomic mass is 10.1. The third-order valence-electron chi connectivity index (χ3n) is 2.02. The van der Waals surface area contributed by atoms with Crippen molar-refractivity contribution < 1.29 is 0 Å². The Bertz CT molecular complexity index is 503. The summed E-state index contributed by atoms with van der Waals surface area (Å²) in [6, 6.07) is 9.75. The number of alkyl halides is 1. The zero-order chi connectivity index (χ0) is 11.5. The summed E-state index contributed by atoms with van der Waals surface area (Å²) in [6.45, 7) is 0. The molecule has 1 heterocycles. The lowest BCUT2D eigenvalue weighted by Gasteiger charge is -2.06. The largest absolute Gasteiger partial charge is 0.230 e. The van der Waals surface area contributed by atoms with Gasteiger partial charge in [-0.15, -0.1) is 11.6 Å². The number of nitrogens with zero attached hydrogens (tertiary/aromatic N) is 2. The van der Waals surface area contributed by atoms with E-state index in [2.05, 4.69) is 25.9 Å². The first-order chi connectivity index (χ1) is 7.72. The summed E-state index contributed by atoms with van der Waals surface area (Å²) in [5.41, 5.74) is 1.74. The van der Waals surface area contributed by atoms with Crippen LogP contribution in [-0.4, -0.2) is 9.97 Å². The maximum atomic E-state index is 5.99. The zero-order valence-electron chi connectivity index (χ0n) is 8.12. The molecule has 0 saturated carbocycles. The summed E-state index contributed by atoms with van der Waals surface area (Å²) in [6.07, 6.45) is 0. The lowest BCUT2D eigenvalue weighted by Crippen LogP contribution is -1.96. The number of benzene rings is 1. The van der Waals surface area contributed by atoms with Crippen molar-refractivity contribution in [2.24, 2.45) is 0 Å². The van der Waals surface area contributed by atoms with Gasteiger partial charge in [-0.25, -0.2) is 9.97 Å². The molecule has 0 fully saturated rings. The number of aromatic nitrogens is 2. The van der Waals surface area contributed by atoms with Crippen LogP contribution in [0, 0.1) is 0 Å². The van der Waals surface area contributed by atoms with Crippen LogP contribution in [0.5, 0.6) is 0 Å². The Morgan fingerprint density at radius 3 is 2.44 bits per heavy atom. The van der Waals surface area contributed by atoms with E-state index in [1.807, 2.05) is 30.3 Å². The van der Waals surface area contributed by atoms with E-state index in [0.29, 0.717) is 15.5 Å². The maximum absolute atomic E-state index is 5.99. The Labute approximate surface area is 112 Å². The Hall–Kier alpha value is -0.640. The fraction of sp³-hybridized carbons (Fsp3) is 0.0909. The Morgan fingerprint density at radius 2 is 1.81 bits per heavy atom. The first-order valence-corrected chi connectivity index (χ1v) is 6.26. The van der Waals surface area contributed by atoms with E-state index in [0.717, 1.165) is 11.3 Å². The van der Waals surface area contributed by atoms with Crippen LogP contribution >= 0.6 is 39.1 Å². The highest BCUT2D eigenvalue weighted by Gasteiger charge is 2.11. The van der Waals surface area contributed by atoms with Gasteiger partial charge in [0.15, 0.2) is 0 Å². The van der Waals surface area contributed by atoms with Crippen LogP contribution in [0.1, 0.15) is 5.82 Å². The fourth-order valence-electron chi connectivity index (χ4n) is 1.31. The molecular formula is C11H7BrCl2N2. The zero-order valence-corrected chi connectivity index (χ0v) is 11.2. The van der Waals surface area contributed by atoms with E-state index in [9.17, 15) is 0 Å². The predicted molar refractivity (Wildman–Crippen MR) is 69.7 cm³/mol. The standard InChI is InChI=1S/C11H7BrCl2N2/c12-9-10(7-4-2-1-3-5-7)15-8(6-13)16-11(9)14/h1-5H,6H2. The highest BCUT2D eigenvalue weighted by molar-refractivity contribution is 9.10. The van der Waals surface area contributed by atoms with E-state index in [1.165, 1.54) is 0 Å². The molecular weight excluding hydrogens is 311 g/mol. The molecule has 1 aromatic carbocycles. The van der Waals surface area contributed by atoms with Gasteiger partial charge in [0.1, 0.15) is 11.0 Å². The van der Waals surface area contributed by atoms with Crippen molar-refractivity contribution in [2.45, 2.75) is 5.88 Å². The molecule has 0 aliphatic carbocycles. The van der Waals surface area contributed by atoms with Crippen LogP contribution in [0.2, 0.25) is 5.15 Å². The molecule has 0 bridgehead atoms. The van der Waals surface area contributed by atoms with Gasteiger partial charge in [-0.05, 0) is 15.9 Å². The third kappa shape index (κ3) is 2.37. The second-order valence-electron chi connectivity index (χ2n) is 3.09. The SMILES string of the molecule is ClCc1nc(Cl)c(Br)c(-c2ccccc2)n1. The minimum atomic E-state index is 0.243. The number of rotatable bonds is 2. The summed E-state index contributed by atoms with van der Waals surface area (Å²) in [7, 11) is 0. The first kappa shape index (κ1) is 11.8. The van der Waals surface area contributed by atoms with Gasteiger partial charge in [-0.2, -0.15) is 0 Å². The van der Waals surface area contributed by atoms with Gasteiger partial charge in [-0.1, -0.05) is 41.9 Å². The lowest BCUT2D eigenvalue weighted by molar-refractivity contribution is 1.03. The van der Waals surface area contributed by atoms with Crippen molar-refractivity contribution in [1.29, 1.82) is 0 Å². The number of hydrogen-bond acceptors (Lipinski definition) is 2. The van der Waals surface area contributed by atoms with Crippen LogP contribution in [0.3, 0.4) is 0 Å². The second-order valence-corrected chi connectivity index (χ2v) is 4.51. The van der Waals surface area contributed by atoms with Crippen LogP contribution in [-0.2, 0) is 5.88 Å². The van der Waals surface area contributed by atoms with Gasteiger partial charge in [0.25, 0.3) is 0 Å². The molecule has 0 unspecified atom stereocenters. The molecule has 5 heteroatoms. The molecule has 82 valence electrons. The van der Waals surface area contributed by atoms with Crippen LogP contribution in [0.25, 0.3) is 11.3 Å². The molecule has 16 heavy (non-hydrogen) atoms. The Balaban J connectivity index is 2.60. The Kier molecular flexibility index (Phi) is 3.79. The van der Waals surface area contributed by atoms with Gasteiger partial charge in [0.2, 0.25) is 0 Å².